The van der Waals surface area contributed by atoms with Gasteiger partial charge in [-0.25, -0.2) is 4.98 Å². The molecule has 0 saturated heterocycles. The van der Waals surface area contributed by atoms with Crippen molar-refractivity contribution in [1.82, 2.24) is 19.4 Å². The molecular formula is C23H34N4O3. The van der Waals surface area contributed by atoms with Crippen LogP contribution in [0.15, 0.2) is 30.9 Å². The van der Waals surface area contributed by atoms with Crippen LogP contribution < -0.4 is 9.47 Å². The number of hydrogen-bond acceptors (Lipinski definition) is 5. The van der Waals surface area contributed by atoms with Crippen LogP contribution in [0.1, 0.15) is 30.4 Å². The minimum Gasteiger partial charge on any atom is -0.493 e. The lowest BCUT2D eigenvalue weighted by Gasteiger charge is -2.22. The van der Waals surface area contributed by atoms with Crippen LogP contribution in [0, 0.1) is 0 Å². The van der Waals surface area contributed by atoms with Crippen molar-refractivity contribution in [2.45, 2.75) is 38.6 Å². The molecular weight excluding hydrogens is 380 g/mol. The van der Waals surface area contributed by atoms with Gasteiger partial charge in [0, 0.05) is 32.0 Å². The Hall–Kier alpha value is -2.54. The number of unbranched alkanes of at least 4 members (excludes halogenated alkanes) is 1. The molecule has 0 aliphatic carbocycles. The fourth-order valence-electron chi connectivity index (χ4n) is 3.99. The third-order valence-electron chi connectivity index (χ3n) is 5.78. The van der Waals surface area contributed by atoms with Gasteiger partial charge in [-0.1, -0.05) is 0 Å². The zero-order chi connectivity index (χ0) is 21.3. The summed E-state index contributed by atoms with van der Waals surface area (Å²) >= 11 is 0. The number of carbonyl (C=O) groups excluding carboxylic acids is 1. The zero-order valence-corrected chi connectivity index (χ0v) is 18.5. The minimum absolute atomic E-state index is 0.198. The molecule has 0 N–H and O–H groups in total. The first-order chi connectivity index (χ1) is 14.6. The van der Waals surface area contributed by atoms with Crippen LogP contribution in [0.2, 0.25) is 0 Å². The van der Waals surface area contributed by atoms with Crippen molar-refractivity contribution < 1.29 is 14.3 Å². The number of fused-ring (bicyclic) bond motifs is 1. The Labute approximate surface area is 179 Å². The van der Waals surface area contributed by atoms with Crippen LogP contribution in [-0.4, -0.2) is 72.7 Å². The second-order valence-corrected chi connectivity index (χ2v) is 7.95. The lowest BCUT2D eigenvalue weighted by molar-refractivity contribution is -0.130. The molecule has 2 heterocycles. The molecule has 1 aliphatic rings. The average Bonchev–Trinajstić information content (AvgIpc) is 3.22. The molecule has 0 spiro atoms. The third-order valence-corrected chi connectivity index (χ3v) is 5.78. The van der Waals surface area contributed by atoms with E-state index in [2.05, 4.69) is 21.5 Å². The maximum atomic E-state index is 12.8. The van der Waals surface area contributed by atoms with Gasteiger partial charge in [-0.2, -0.15) is 0 Å². The summed E-state index contributed by atoms with van der Waals surface area (Å²) in [6.07, 6.45) is 10.3. The Balaban J connectivity index is 1.41. The summed E-state index contributed by atoms with van der Waals surface area (Å²) in [4.78, 5) is 21.2. The predicted octanol–water partition coefficient (Wildman–Crippen LogP) is 2.63. The van der Waals surface area contributed by atoms with E-state index in [-0.39, 0.29) is 5.91 Å². The van der Waals surface area contributed by atoms with E-state index in [4.69, 9.17) is 9.47 Å². The molecule has 7 heteroatoms. The zero-order valence-electron chi connectivity index (χ0n) is 18.5. The Morgan fingerprint density at radius 2 is 1.77 bits per heavy atom. The van der Waals surface area contributed by atoms with Crippen LogP contribution in [0.25, 0.3) is 0 Å². The van der Waals surface area contributed by atoms with Gasteiger partial charge < -0.3 is 23.8 Å². The second kappa shape index (κ2) is 11.0. The number of hydrogen-bond donors (Lipinski definition) is 0. The van der Waals surface area contributed by atoms with Gasteiger partial charge in [0.25, 0.3) is 0 Å². The second-order valence-electron chi connectivity index (χ2n) is 7.95. The highest BCUT2D eigenvalue weighted by molar-refractivity contribution is 5.80. The van der Waals surface area contributed by atoms with Crippen LogP contribution in [0.5, 0.6) is 11.5 Å². The minimum atomic E-state index is 0.198. The summed E-state index contributed by atoms with van der Waals surface area (Å²) in [5.41, 5.74) is 2.23. The number of benzene rings is 1. The first-order valence-electron chi connectivity index (χ1n) is 10.8. The number of ether oxygens (including phenoxy) is 2. The van der Waals surface area contributed by atoms with Crippen molar-refractivity contribution in [3.05, 3.63) is 42.0 Å². The molecule has 1 aromatic heterocycles. The molecule has 0 radical (unpaired) electrons. The summed E-state index contributed by atoms with van der Waals surface area (Å²) in [5, 5.41) is 0. The van der Waals surface area contributed by atoms with Crippen LogP contribution in [-0.2, 0) is 24.2 Å². The molecule has 0 bridgehead atoms. The van der Waals surface area contributed by atoms with E-state index < -0.39 is 0 Å². The quantitative estimate of drug-likeness (QED) is 0.529. The molecule has 0 fully saturated rings. The van der Waals surface area contributed by atoms with Crippen molar-refractivity contribution in [2.24, 2.45) is 0 Å². The number of imidazole rings is 1. The number of carbonyl (C=O) groups is 1. The maximum Gasteiger partial charge on any atom is 0.227 e. The van der Waals surface area contributed by atoms with Gasteiger partial charge in [0.2, 0.25) is 5.91 Å². The predicted molar refractivity (Wildman–Crippen MR) is 117 cm³/mol. The molecule has 0 atom stereocenters. The van der Waals surface area contributed by atoms with Crippen molar-refractivity contribution in [3.63, 3.8) is 0 Å². The smallest absolute Gasteiger partial charge is 0.227 e. The Kier molecular flexibility index (Phi) is 8.13. The monoisotopic (exact) mass is 414 g/mol. The van der Waals surface area contributed by atoms with Gasteiger partial charge >= 0.3 is 0 Å². The average molecular weight is 415 g/mol. The van der Waals surface area contributed by atoms with Gasteiger partial charge in [-0.05, 0) is 69.1 Å². The highest BCUT2D eigenvalue weighted by Crippen LogP contribution is 2.32. The lowest BCUT2D eigenvalue weighted by atomic mass is 10.0. The van der Waals surface area contributed by atoms with Gasteiger partial charge in [0.15, 0.2) is 11.5 Å². The van der Waals surface area contributed by atoms with Gasteiger partial charge in [0.05, 0.1) is 27.0 Å². The van der Waals surface area contributed by atoms with E-state index >= 15 is 0 Å². The lowest BCUT2D eigenvalue weighted by Crippen LogP contribution is -2.35. The summed E-state index contributed by atoms with van der Waals surface area (Å²) < 4.78 is 12.9. The third kappa shape index (κ3) is 5.98. The van der Waals surface area contributed by atoms with E-state index in [1.54, 1.807) is 14.2 Å². The molecule has 7 nitrogen and oxygen atoms in total. The number of amides is 1. The van der Waals surface area contributed by atoms with Crippen molar-refractivity contribution in [1.29, 1.82) is 0 Å². The van der Waals surface area contributed by atoms with E-state index in [0.717, 1.165) is 69.7 Å². The molecule has 1 aliphatic heterocycles. The van der Waals surface area contributed by atoms with Crippen LogP contribution >= 0.6 is 0 Å². The molecule has 1 amide bonds. The first kappa shape index (κ1) is 22.2. The Morgan fingerprint density at radius 1 is 1.03 bits per heavy atom. The SMILES string of the molecule is COc1cc2c(cc1OC)CC(=O)N(CCCN(C)CCCCn1ccnc1)CC2. The van der Waals surface area contributed by atoms with E-state index in [1.165, 1.54) is 5.56 Å². The summed E-state index contributed by atoms with van der Waals surface area (Å²) in [5.74, 6) is 1.61. The van der Waals surface area contributed by atoms with E-state index in [9.17, 15) is 4.79 Å². The Morgan fingerprint density at radius 3 is 2.47 bits per heavy atom. The van der Waals surface area contributed by atoms with E-state index in [0.29, 0.717) is 12.2 Å². The standard InChI is InChI=1S/C23H34N4O3/c1-25(9-4-5-11-26-14-8-24-18-26)10-6-12-27-13-7-19-15-21(29-2)22(30-3)16-20(19)17-23(27)28/h8,14-16,18H,4-7,9-13,17H2,1-3H3. The summed E-state index contributed by atoms with van der Waals surface area (Å²) in [6.45, 7) is 4.67. The normalized spacial score (nSPS) is 14.0. The largest absolute Gasteiger partial charge is 0.493 e. The van der Waals surface area contributed by atoms with Crippen LogP contribution in [0.4, 0.5) is 0 Å². The molecule has 2 aromatic rings. The van der Waals surface area contributed by atoms with Crippen molar-refractivity contribution in [3.8, 4) is 11.5 Å². The molecule has 164 valence electrons. The number of rotatable bonds is 11. The van der Waals surface area contributed by atoms with E-state index in [1.807, 2.05) is 35.8 Å². The van der Waals surface area contributed by atoms with Crippen molar-refractivity contribution >= 4 is 5.91 Å². The fourth-order valence-corrected chi connectivity index (χ4v) is 3.99. The van der Waals surface area contributed by atoms with Gasteiger partial charge in [-0.15, -0.1) is 0 Å². The van der Waals surface area contributed by atoms with Gasteiger partial charge in [-0.3, -0.25) is 4.79 Å². The highest BCUT2D eigenvalue weighted by Gasteiger charge is 2.22. The highest BCUT2D eigenvalue weighted by atomic mass is 16.5. The Bertz CT molecular complexity index is 807. The molecule has 0 saturated carbocycles. The first-order valence-corrected chi connectivity index (χ1v) is 10.8. The van der Waals surface area contributed by atoms with Crippen molar-refractivity contribution in [2.75, 3.05) is 47.4 Å². The molecule has 3 rings (SSSR count). The maximum absolute atomic E-state index is 12.8. The number of aromatic nitrogens is 2. The number of aryl methyl sites for hydroxylation is 1. The van der Waals surface area contributed by atoms with Gasteiger partial charge in [0.1, 0.15) is 0 Å². The summed E-state index contributed by atoms with van der Waals surface area (Å²) in [6, 6.07) is 3.97. The number of methoxy groups -OCH3 is 2. The molecule has 30 heavy (non-hydrogen) atoms. The summed E-state index contributed by atoms with van der Waals surface area (Å²) in [7, 11) is 5.44. The number of nitrogens with zero attached hydrogens (tertiary/aromatic N) is 4. The van der Waals surface area contributed by atoms with Crippen LogP contribution in [0.3, 0.4) is 0 Å². The molecule has 0 unspecified atom stereocenters. The topological polar surface area (TPSA) is 59.8 Å². The molecule has 1 aromatic carbocycles. The fraction of sp³-hybridized carbons (Fsp3) is 0.565.